The second kappa shape index (κ2) is 14.4. The van der Waals surface area contributed by atoms with Crippen LogP contribution in [0.15, 0.2) is 224 Å². The summed E-state index contributed by atoms with van der Waals surface area (Å²) in [4.78, 5) is 2.47. The summed E-state index contributed by atoms with van der Waals surface area (Å²) in [5, 5.41) is 7.60. The number of rotatable bonds is 6. The van der Waals surface area contributed by atoms with Gasteiger partial charge < -0.3 is 14.0 Å². The highest BCUT2D eigenvalue weighted by atomic mass is 32.1. The molecule has 13 aromatic rings. The monoisotopic (exact) mass is 873 g/mol. The molecule has 1 aliphatic carbocycles. The minimum absolute atomic E-state index is 0.147. The van der Waals surface area contributed by atoms with Crippen LogP contribution in [0.3, 0.4) is 0 Å². The van der Waals surface area contributed by atoms with Gasteiger partial charge in [-0.1, -0.05) is 147 Å². The van der Waals surface area contributed by atoms with Crippen molar-refractivity contribution < 1.29 is 0 Å². The van der Waals surface area contributed by atoms with Gasteiger partial charge in [0.1, 0.15) is 0 Å². The predicted molar refractivity (Wildman–Crippen MR) is 286 cm³/mol. The first-order valence-electron chi connectivity index (χ1n) is 23.2. The Morgan fingerprint density at radius 3 is 1.67 bits per heavy atom. The van der Waals surface area contributed by atoms with E-state index in [4.69, 9.17) is 0 Å². The fraction of sp³-hybridized carbons (Fsp3) is 0.0476. The largest absolute Gasteiger partial charge is 0.310 e. The van der Waals surface area contributed by atoms with Gasteiger partial charge in [0.2, 0.25) is 0 Å². The topological polar surface area (TPSA) is 13.1 Å². The third-order valence-corrected chi connectivity index (χ3v) is 15.7. The molecule has 0 bridgehead atoms. The Hall–Kier alpha value is -8.18. The van der Waals surface area contributed by atoms with Gasteiger partial charge in [-0.05, 0) is 124 Å². The summed E-state index contributed by atoms with van der Waals surface area (Å²) >= 11 is 1.88. The van der Waals surface area contributed by atoms with Crippen LogP contribution in [0.4, 0.5) is 17.1 Å². The lowest BCUT2D eigenvalue weighted by molar-refractivity contribution is 0.660. The molecule has 0 saturated carbocycles. The summed E-state index contributed by atoms with van der Waals surface area (Å²) < 4.78 is 7.52. The first-order chi connectivity index (χ1) is 33.0. The molecule has 67 heavy (non-hydrogen) atoms. The van der Waals surface area contributed by atoms with Crippen molar-refractivity contribution in [3.8, 4) is 33.6 Å². The summed E-state index contributed by atoms with van der Waals surface area (Å²) in [6, 6.07) is 83.1. The number of benzene rings is 10. The van der Waals surface area contributed by atoms with E-state index in [0.717, 1.165) is 28.4 Å². The zero-order valence-corrected chi connectivity index (χ0v) is 37.9. The molecule has 0 saturated heterocycles. The second-order valence-corrected chi connectivity index (χ2v) is 19.5. The van der Waals surface area contributed by atoms with E-state index in [1.165, 1.54) is 97.2 Å². The van der Waals surface area contributed by atoms with Gasteiger partial charge in [-0.25, -0.2) is 0 Å². The van der Waals surface area contributed by atoms with Gasteiger partial charge in [0.05, 0.1) is 22.1 Å². The van der Waals surface area contributed by atoms with Gasteiger partial charge in [-0.3, -0.25) is 0 Å². The van der Waals surface area contributed by atoms with E-state index in [1.807, 2.05) is 11.3 Å². The highest BCUT2D eigenvalue weighted by Gasteiger charge is 2.36. The first-order valence-corrected chi connectivity index (χ1v) is 24.0. The maximum atomic E-state index is 2.47. The molecular formula is C63H43N3S. The van der Waals surface area contributed by atoms with Crippen molar-refractivity contribution in [1.29, 1.82) is 0 Å². The van der Waals surface area contributed by atoms with E-state index in [2.05, 4.69) is 252 Å². The van der Waals surface area contributed by atoms with Crippen LogP contribution >= 0.6 is 11.3 Å². The molecule has 0 N–H and O–H groups in total. The number of hydrogen-bond acceptors (Lipinski definition) is 2. The molecule has 14 rings (SSSR count). The van der Waals surface area contributed by atoms with Crippen molar-refractivity contribution in [1.82, 2.24) is 9.13 Å². The quantitative estimate of drug-likeness (QED) is 0.162. The van der Waals surface area contributed by atoms with Gasteiger partial charge in [-0.15, -0.1) is 11.3 Å². The van der Waals surface area contributed by atoms with Crippen molar-refractivity contribution in [2.45, 2.75) is 19.3 Å². The normalized spacial score (nSPS) is 13.0. The molecule has 0 fully saturated rings. The van der Waals surface area contributed by atoms with Gasteiger partial charge >= 0.3 is 0 Å². The number of nitrogens with zero attached hydrogens (tertiary/aromatic N) is 3. The van der Waals surface area contributed by atoms with Crippen molar-refractivity contribution in [3.05, 3.63) is 236 Å². The third-order valence-electron chi connectivity index (χ3n) is 14.5. The zero-order valence-electron chi connectivity index (χ0n) is 37.1. The molecule has 10 aromatic carbocycles. The standard InChI is InChI=1S/C63H43N3S/c1-63(2)53-25-12-9-20-47(53)48-34-32-45(39-54(48)63)64(43-30-28-40(29-31-43)46-23-15-24-50-49-21-11-14-27-59(49)67-62(46)50)44-33-35-56-52(38-44)61-58(66(56)42-18-7-4-8-19-42)37-36-57-60(61)51-22-10-13-26-55(51)65(57)41-16-5-3-6-17-41/h3-39H,1-2H3. The van der Waals surface area contributed by atoms with Crippen molar-refractivity contribution in [2.24, 2.45) is 0 Å². The average molecular weight is 874 g/mol. The minimum atomic E-state index is -0.147. The summed E-state index contributed by atoms with van der Waals surface area (Å²) in [5.41, 5.74) is 18.1. The molecule has 4 heteroatoms. The summed E-state index contributed by atoms with van der Waals surface area (Å²) in [7, 11) is 0. The molecule has 3 heterocycles. The van der Waals surface area contributed by atoms with Gasteiger partial charge in [-0.2, -0.15) is 0 Å². The van der Waals surface area contributed by atoms with Crippen LogP contribution in [-0.4, -0.2) is 9.13 Å². The van der Waals surface area contributed by atoms with E-state index in [1.54, 1.807) is 0 Å². The lowest BCUT2D eigenvalue weighted by Gasteiger charge is -2.28. The fourth-order valence-corrected chi connectivity index (χ4v) is 12.7. The van der Waals surface area contributed by atoms with Crippen LogP contribution in [0.1, 0.15) is 25.0 Å². The highest BCUT2D eigenvalue weighted by Crippen LogP contribution is 2.52. The molecule has 0 atom stereocenters. The number of para-hydroxylation sites is 3. The smallest absolute Gasteiger partial charge is 0.0548 e. The second-order valence-electron chi connectivity index (χ2n) is 18.5. The first kappa shape index (κ1) is 38.1. The van der Waals surface area contributed by atoms with E-state index >= 15 is 0 Å². The SMILES string of the molecule is CC1(C)c2ccccc2-c2ccc(N(c3ccc(-c4cccc5c4sc4ccccc45)cc3)c3ccc4c(c3)c3c5c6ccccc6n(-c6ccccc6)c5ccc3n4-c3ccccc3)cc21. The van der Waals surface area contributed by atoms with Crippen LogP contribution < -0.4 is 4.90 Å². The number of anilines is 3. The molecule has 1 aliphatic rings. The number of fused-ring (bicyclic) bond motifs is 13. The third kappa shape index (κ3) is 5.57. The predicted octanol–water partition coefficient (Wildman–Crippen LogP) is 17.7. The average Bonchev–Trinajstić information content (AvgIpc) is 4.10. The Bertz CT molecular complexity index is 4110. The van der Waals surface area contributed by atoms with Crippen LogP contribution in [0, 0.1) is 0 Å². The Kier molecular flexibility index (Phi) is 8.20. The molecule has 0 unspecified atom stereocenters. The molecule has 0 spiro atoms. The summed E-state index contributed by atoms with van der Waals surface area (Å²) in [6.07, 6.45) is 0. The van der Waals surface area contributed by atoms with Gasteiger partial charge in [0, 0.05) is 75.6 Å². The van der Waals surface area contributed by atoms with Crippen molar-refractivity contribution in [3.63, 3.8) is 0 Å². The fourth-order valence-electron chi connectivity index (χ4n) is 11.5. The van der Waals surface area contributed by atoms with Crippen molar-refractivity contribution >= 4 is 92.2 Å². The van der Waals surface area contributed by atoms with Crippen LogP contribution in [0.5, 0.6) is 0 Å². The Balaban J connectivity index is 1.02. The molecule has 0 radical (unpaired) electrons. The van der Waals surface area contributed by atoms with E-state index in [0.29, 0.717) is 0 Å². The van der Waals surface area contributed by atoms with Gasteiger partial charge in [0.25, 0.3) is 0 Å². The molecular weight excluding hydrogens is 831 g/mol. The Morgan fingerprint density at radius 1 is 0.373 bits per heavy atom. The molecule has 3 nitrogen and oxygen atoms in total. The Labute approximate surface area is 392 Å². The number of thiophene rings is 1. The van der Waals surface area contributed by atoms with Gasteiger partial charge in [0.15, 0.2) is 0 Å². The summed E-state index contributed by atoms with van der Waals surface area (Å²) in [5.74, 6) is 0. The number of hydrogen-bond donors (Lipinski definition) is 0. The van der Waals surface area contributed by atoms with Crippen LogP contribution in [-0.2, 0) is 5.41 Å². The maximum Gasteiger partial charge on any atom is 0.0548 e. The van der Waals surface area contributed by atoms with E-state index < -0.39 is 0 Å². The molecule has 0 amide bonds. The lowest BCUT2D eigenvalue weighted by Crippen LogP contribution is -2.16. The maximum absolute atomic E-state index is 2.47. The lowest BCUT2D eigenvalue weighted by atomic mass is 9.82. The van der Waals surface area contributed by atoms with Crippen LogP contribution in [0.25, 0.3) is 97.4 Å². The van der Waals surface area contributed by atoms with Crippen LogP contribution in [0.2, 0.25) is 0 Å². The highest BCUT2D eigenvalue weighted by molar-refractivity contribution is 7.26. The number of aromatic nitrogens is 2. The molecule has 316 valence electrons. The Morgan fingerprint density at radius 2 is 0.910 bits per heavy atom. The summed E-state index contributed by atoms with van der Waals surface area (Å²) in [6.45, 7) is 4.74. The van der Waals surface area contributed by atoms with Crippen molar-refractivity contribution in [2.75, 3.05) is 4.90 Å². The minimum Gasteiger partial charge on any atom is -0.310 e. The zero-order chi connectivity index (χ0) is 44.4. The molecule has 0 aliphatic heterocycles. The van der Waals surface area contributed by atoms with E-state index in [-0.39, 0.29) is 5.41 Å². The molecule has 3 aromatic heterocycles. The van der Waals surface area contributed by atoms with E-state index in [9.17, 15) is 0 Å².